The second-order valence-electron chi connectivity index (χ2n) is 9.98. The molecule has 170 valence electrons. The lowest BCUT2D eigenvalue weighted by Crippen LogP contribution is -2.41. The summed E-state index contributed by atoms with van der Waals surface area (Å²) in [6, 6.07) is 16.3. The van der Waals surface area contributed by atoms with Gasteiger partial charge in [-0.3, -0.25) is 4.79 Å². The molecular formula is C26H34BNO4. The first-order valence-electron chi connectivity index (χ1n) is 11.6. The number of carbonyl (C=O) groups excluding carboxylic acids is 1. The molecule has 2 aromatic carbocycles. The molecule has 0 unspecified atom stereocenters. The summed E-state index contributed by atoms with van der Waals surface area (Å²) < 4.78 is 18.6. The van der Waals surface area contributed by atoms with Gasteiger partial charge >= 0.3 is 7.12 Å². The van der Waals surface area contributed by atoms with Crippen LogP contribution in [0.15, 0.2) is 48.5 Å². The quantitative estimate of drug-likeness (QED) is 0.641. The molecule has 0 spiro atoms. The summed E-state index contributed by atoms with van der Waals surface area (Å²) in [5.41, 5.74) is 2.04. The van der Waals surface area contributed by atoms with Crippen LogP contribution in [-0.4, -0.2) is 41.7 Å². The van der Waals surface area contributed by atoms with Gasteiger partial charge in [-0.2, -0.15) is 0 Å². The predicted molar refractivity (Wildman–Crippen MR) is 127 cm³/mol. The molecule has 1 amide bonds. The highest BCUT2D eigenvalue weighted by Gasteiger charge is 2.51. The van der Waals surface area contributed by atoms with Gasteiger partial charge in [-0.15, -0.1) is 0 Å². The van der Waals surface area contributed by atoms with Crippen molar-refractivity contribution in [3.63, 3.8) is 0 Å². The first-order valence-corrected chi connectivity index (χ1v) is 11.6. The van der Waals surface area contributed by atoms with Gasteiger partial charge in [-0.25, -0.2) is 0 Å². The highest BCUT2D eigenvalue weighted by Crippen LogP contribution is 2.37. The third kappa shape index (κ3) is 4.72. The Morgan fingerprint density at radius 3 is 2.41 bits per heavy atom. The van der Waals surface area contributed by atoms with Crippen molar-refractivity contribution in [2.45, 2.75) is 77.7 Å². The number of nitrogens with zero attached hydrogens (tertiary/aromatic N) is 1. The van der Waals surface area contributed by atoms with Crippen molar-refractivity contribution in [3.05, 3.63) is 59.7 Å². The zero-order valence-electron chi connectivity index (χ0n) is 19.9. The molecule has 32 heavy (non-hydrogen) atoms. The SMILES string of the molecule is C[C@@H]1CCCN1C(=O)Cc1cc(B2OC(C)(C)C(C)(C)O2)ccc1OCc1ccccc1. The Labute approximate surface area is 192 Å². The Morgan fingerprint density at radius 1 is 1.09 bits per heavy atom. The fraction of sp³-hybridized carbons (Fsp3) is 0.500. The fourth-order valence-electron chi connectivity index (χ4n) is 4.31. The van der Waals surface area contributed by atoms with Gasteiger partial charge < -0.3 is 18.9 Å². The van der Waals surface area contributed by atoms with E-state index in [1.165, 1.54) is 0 Å². The molecule has 4 rings (SSSR count). The first kappa shape index (κ1) is 22.9. The van der Waals surface area contributed by atoms with Gasteiger partial charge in [-0.1, -0.05) is 42.5 Å². The van der Waals surface area contributed by atoms with Crippen LogP contribution in [-0.2, 0) is 27.1 Å². The molecule has 2 fully saturated rings. The Balaban J connectivity index is 1.58. The minimum Gasteiger partial charge on any atom is -0.489 e. The van der Waals surface area contributed by atoms with E-state index >= 15 is 0 Å². The number of hydrogen-bond acceptors (Lipinski definition) is 4. The number of carbonyl (C=O) groups is 1. The maximum absolute atomic E-state index is 13.1. The third-order valence-electron chi connectivity index (χ3n) is 7.06. The van der Waals surface area contributed by atoms with Crippen molar-refractivity contribution >= 4 is 18.5 Å². The van der Waals surface area contributed by atoms with Gasteiger partial charge in [0, 0.05) is 18.2 Å². The van der Waals surface area contributed by atoms with Crippen LogP contribution in [0.5, 0.6) is 5.75 Å². The minimum atomic E-state index is -0.470. The van der Waals surface area contributed by atoms with Crippen LogP contribution in [0.3, 0.4) is 0 Å². The van der Waals surface area contributed by atoms with E-state index in [0.29, 0.717) is 19.1 Å². The van der Waals surface area contributed by atoms with E-state index in [4.69, 9.17) is 14.0 Å². The Kier molecular flexibility index (Phi) is 6.37. The topological polar surface area (TPSA) is 48.0 Å². The number of hydrogen-bond donors (Lipinski definition) is 0. The molecule has 6 heteroatoms. The molecule has 0 bridgehead atoms. The highest BCUT2D eigenvalue weighted by atomic mass is 16.7. The van der Waals surface area contributed by atoms with E-state index in [-0.39, 0.29) is 5.91 Å². The summed E-state index contributed by atoms with van der Waals surface area (Å²) in [6.07, 6.45) is 2.44. The maximum Gasteiger partial charge on any atom is 0.494 e. The van der Waals surface area contributed by atoms with Crippen molar-refractivity contribution in [2.24, 2.45) is 0 Å². The Morgan fingerprint density at radius 2 is 1.78 bits per heavy atom. The summed E-state index contributed by atoms with van der Waals surface area (Å²) in [7, 11) is -0.470. The van der Waals surface area contributed by atoms with Crippen LogP contribution < -0.4 is 10.2 Å². The van der Waals surface area contributed by atoms with Crippen molar-refractivity contribution < 1.29 is 18.8 Å². The summed E-state index contributed by atoms with van der Waals surface area (Å²) in [5.74, 6) is 0.875. The van der Waals surface area contributed by atoms with Crippen molar-refractivity contribution in [2.75, 3.05) is 6.54 Å². The molecule has 2 saturated heterocycles. The van der Waals surface area contributed by atoms with E-state index in [2.05, 4.69) is 6.92 Å². The van der Waals surface area contributed by atoms with Gasteiger partial charge in [0.2, 0.25) is 5.91 Å². The molecule has 5 nitrogen and oxygen atoms in total. The predicted octanol–water partition coefficient (Wildman–Crippen LogP) is 4.12. The average molecular weight is 435 g/mol. The molecule has 0 saturated carbocycles. The van der Waals surface area contributed by atoms with Crippen LogP contribution in [0.1, 0.15) is 58.6 Å². The lowest BCUT2D eigenvalue weighted by Gasteiger charge is -2.32. The largest absolute Gasteiger partial charge is 0.494 e. The Bertz CT molecular complexity index is 944. The smallest absolute Gasteiger partial charge is 0.489 e. The molecule has 2 heterocycles. The molecule has 1 atom stereocenters. The highest BCUT2D eigenvalue weighted by molar-refractivity contribution is 6.62. The van der Waals surface area contributed by atoms with Crippen LogP contribution >= 0.6 is 0 Å². The summed E-state index contributed by atoms with van der Waals surface area (Å²) >= 11 is 0. The Hall–Kier alpha value is -2.31. The van der Waals surface area contributed by atoms with Gasteiger partial charge in [0.15, 0.2) is 0 Å². The number of rotatable bonds is 6. The number of amides is 1. The van der Waals surface area contributed by atoms with Gasteiger partial charge in [0.1, 0.15) is 12.4 Å². The molecular weight excluding hydrogens is 401 g/mol. The molecule has 0 aromatic heterocycles. The van der Waals surface area contributed by atoms with Crippen molar-refractivity contribution in [3.8, 4) is 5.75 Å². The van der Waals surface area contributed by atoms with Gasteiger partial charge in [0.25, 0.3) is 0 Å². The molecule has 0 aliphatic carbocycles. The second kappa shape index (κ2) is 8.91. The zero-order valence-corrected chi connectivity index (χ0v) is 19.9. The first-order chi connectivity index (χ1) is 15.2. The maximum atomic E-state index is 13.1. The van der Waals surface area contributed by atoms with E-state index in [1.807, 2.05) is 81.1 Å². The number of benzene rings is 2. The number of likely N-dealkylation sites (tertiary alicyclic amines) is 1. The monoisotopic (exact) mass is 435 g/mol. The van der Waals surface area contributed by atoms with Crippen molar-refractivity contribution in [1.29, 1.82) is 0 Å². The van der Waals surface area contributed by atoms with E-state index in [9.17, 15) is 4.79 Å². The average Bonchev–Trinajstić information content (AvgIpc) is 3.27. The standard InChI is InChI=1S/C26H34BNO4/c1-19-10-9-15-28(19)24(29)17-21-16-22(27-31-25(2,3)26(4,5)32-27)13-14-23(21)30-18-20-11-7-6-8-12-20/h6-8,11-14,16,19H,9-10,15,17-18H2,1-5H3/t19-/m1/s1. The van der Waals surface area contributed by atoms with Crippen molar-refractivity contribution in [1.82, 2.24) is 4.90 Å². The van der Waals surface area contributed by atoms with Crippen LogP contribution in [0.2, 0.25) is 0 Å². The number of ether oxygens (including phenoxy) is 1. The van der Waals surface area contributed by atoms with Gasteiger partial charge in [0.05, 0.1) is 17.6 Å². The van der Waals surface area contributed by atoms with Gasteiger partial charge in [-0.05, 0) is 64.6 Å². The molecule has 0 N–H and O–H groups in total. The van der Waals surface area contributed by atoms with Crippen LogP contribution in [0.4, 0.5) is 0 Å². The lowest BCUT2D eigenvalue weighted by atomic mass is 9.78. The summed E-state index contributed by atoms with van der Waals surface area (Å²) in [5, 5.41) is 0. The molecule has 2 aliphatic rings. The minimum absolute atomic E-state index is 0.144. The summed E-state index contributed by atoms with van der Waals surface area (Å²) in [6.45, 7) is 11.6. The molecule has 2 aromatic rings. The normalized spacial score (nSPS) is 21.7. The molecule has 2 aliphatic heterocycles. The third-order valence-corrected chi connectivity index (χ3v) is 7.06. The lowest BCUT2D eigenvalue weighted by molar-refractivity contribution is -0.131. The van der Waals surface area contributed by atoms with E-state index in [0.717, 1.165) is 41.7 Å². The van der Waals surface area contributed by atoms with E-state index in [1.54, 1.807) is 0 Å². The fourth-order valence-corrected chi connectivity index (χ4v) is 4.31. The summed E-state index contributed by atoms with van der Waals surface area (Å²) in [4.78, 5) is 15.1. The van der Waals surface area contributed by atoms with Crippen LogP contribution in [0, 0.1) is 0 Å². The van der Waals surface area contributed by atoms with E-state index < -0.39 is 18.3 Å². The second-order valence-corrected chi connectivity index (χ2v) is 9.98. The van der Waals surface area contributed by atoms with Crippen LogP contribution in [0.25, 0.3) is 0 Å². The molecule has 0 radical (unpaired) electrons. The zero-order chi connectivity index (χ0) is 22.9.